The van der Waals surface area contributed by atoms with E-state index in [1.54, 1.807) is 7.05 Å². The number of nitrogens with zero attached hydrogens (tertiary/aromatic N) is 2. The van der Waals surface area contributed by atoms with Crippen molar-refractivity contribution >= 4 is 10.0 Å². The molecule has 0 atom stereocenters. The second-order valence-corrected chi connectivity index (χ2v) is 5.67. The lowest BCUT2D eigenvalue weighted by Gasteiger charge is -2.18. The number of aromatic nitrogens is 2. The minimum Gasteiger partial charge on any atom is -0.316 e. The van der Waals surface area contributed by atoms with Crippen molar-refractivity contribution in [1.29, 1.82) is 0 Å². The Kier molecular flexibility index (Phi) is 5.34. The van der Waals surface area contributed by atoms with Crippen LogP contribution in [0, 0.1) is 12.3 Å². The second-order valence-electron chi connectivity index (χ2n) is 3.80. The normalized spacial score (nSPS) is 11.7. The van der Waals surface area contributed by atoms with Crippen LogP contribution in [0.4, 0.5) is 0 Å². The largest absolute Gasteiger partial charge is 0.316 e. The summed E-state index contributed by atoms with van der Waals surface area (Å²) in [5.41, 5.74) is 0.607. The first-order valence-corrected chi connectivity index (χ1v) is 7.12. The van der Waals surface area contributed by atoms with Gasteiger partial charge in [0.05, 0.1) is 12.7 Å². The Balaban J connectivity index is 3.10. The molecule has 0 radical (unpaired) electrons. The highest BCUT2D eigenvalue weighted by Gasteiger charge is 2.27. The van der Waals surface area contributed by atoms with Crippen LogP contribution in [0.5, 0.6) is 0 Å². The maximum absolute atomic E-state index is 12.4. The van der Waals surface area contributed by atoms with Crippen molar-refractivity contribution in [3.05, 3.63) is 11.8 Å². The minimum absolute atomic E-state index is 0.0637. The van der Waals surface area contributed by atoms with Crippen LogP contribution < -0.4 is 5.32 Å². The van der Waals surface area contributed by atoms with Crippen molar-refractivity contribution < 1.29 is 8.42 Å². The molecule has 1 aromatic rings. The van der Waals surface area contributed by atoms with Gasteiger partial charge in [0.15, 0.2) is 5.03 Å². The average molecular weight is 270 g/mol. The van der Waals surface area contributed by atoms with Crippen LogP contribution in [0.2, 0.25) is 0 Å². The van der Waals surface area contributed by atoms with Crippen LogP contribution in [0.25, 0.3) is 0 Å². The zero-order chi connectivity index (χ0) is 13.6. The summed E-state index contributed by atoms with van der Waals surface area (Å²) in [6.07, 6.45) is 7.42. The first kappa shape index (κ1) is 14.7. The number of hydrogen-bond donors (Lipinski definition) is 2. The Morgan fingerprint density at radius 2 is 2.33 bits per heavy atom. The van der Waals surface area contributed by atoms with Gasteiger partial charge in [-0.05, 0) is 13.5 Å². The van der Waals surface area contributed by atoms with E-state index < -0.39 is 10.0 Å². The third-order valence-electron chi connectivity index (χ3n) is 2.38. The molecule has 1 aromatic heterocycles. The van der Waals surface area contributed by atoms with Crippen LogP contribution >= 0.6 is 0 Å². The lowest BCUT2D eigenvalue weighted by atomic mass is 10.4. The van der Waals surface area contributed by atoms with E-state index in [1.807, 2.05) is 6.92 Å². The fourth-order valence-corrected chi connectivity index (χ4v) is 3.15. The zero-order valence-electron chi connectivity index (χ0n) is 10.6. The molecule has 0 bridgehead atoms. The molecular weight excluding hydrogens is 252 g/mol. The number of aromatic amines is 1. The first-order chi connectivity index (χ1) is 8.57. The first-order valence-electron chi connectivity index (χ1n) is 5.68. The summed E-state index contributed by atoms with van der Waals surface area (Å²) in [6.45, 7) is 2.79. The number of hydrogen-bond acceptors (Lipinski definition) is 4. The van der Waals surface area contributed by atoms with Gasteiger partial charge in [0, 0.05) is 18.7 Å². The molecule has 1 rings (SSSR count). The highest BCUT2D eigenvalue weighted by Crippen LogP contribution is 2.17. The molecule has 0 aliphatic heterocycles. The molecule has 0 unspecified atom stereocenters. The molecule has 18 heavy (non-hydrogen) atoms. The fourth-order valence-electron chi connectivity index (χ4n) is 1.60. The van der Waals surface area contributed by atoms with Crippen molar-refractivity contribution in [2.45, 2.75) is 24.9 Å². The lowest BCUT2D eigenvalue weighted by Crippen LogP contribution is -2.33. The molecule has 0 aliphatic carbocycles. The number of terminal acetylenes is 1. The van der Waals surface area contributed by atoms with Crippen molar-refractivity contribution in [2.75, 3.05) is 20.1 Å². The molecule has 2 N–H and O–H groups in total. The summed E-state index contributed by atoms with van der Waals surface area (Å²) in [7, 11) is -1.86. The standard InChI is InChI=1S/C11H18N4O2S/c1-4-6-15(7-5-2)18(16,17)11-10(8-12-3)9-13-14-11/h1,9,12H,5-8H2,2-3H3,(H,13,14). The van der Waals surface area contributed by atoms with E-state index in [1.165, 1.54) is 10.5 Å². The molecule has 6 nitrogen and oxygen atoms in total. The van der Waals surface area contributed by atoms with E-state index in [9.17, 15) is 8.42 Å². The molecule has 0 amide bonds. The quantitative estimate of drug-likeness (QED) is 0.692. The molecule has 1 heterocycles. The predicted octanol–water partition coefficient (Wildman–Crippen LogP) is 0.163. The maximum atomic E-state index is 12.4. The number of sulfonamides is 1. The molecule has 0 saturated carbocycles. The van der Waals surface area contributed by atoms with Gasteiger partial charge >= 0.3 is 0 Å². The molecular formula is C11H18N4O2S. The molecule has 0 aromatic carbocycles. The Hall–Kier alpha value is -1.36. The summed E-state index contributed by atoms with van der Waals surface area (Å²) >= 11 is 0. The molecule has 100 valence electrons. The van der Waals surface area contributed by atoms with Crippen molar-refractivity contribution in [3.8, 4) is 12.3 Å². The highest BCUT2D eigenvalue weighted by atomic mass is 32.2. The Morgan fingerprint density at radius 1 is 1.61 bits per heavy atom. The van der Waals surface area contributed by atoms with Gasteiger partial charge in [-0.2, -0.15) is 9.40 Å². The van der Waals surface area contributed by atoms with Gasteiger partial charge in [0.1, 0.15) is 0 Å². The Morgan fingerprint density at radius 3 is 2.89 bits per heavy atom. The summed E-state index contributed by atoms with van der Waals surface area (Å²) < 4.78 is 26.1. The maximum Gasteiger partial charge on any atom is 0.261 e. The third-order valence-corrected chi connectivity index (χ3v) is 4.24. The summed E-state index contributed by atoms with van der Waals surface area (Å²) in [6, 6.07) is 0. The Bertz CT molecular complexity index is 515. The van der Waals surface area contributed by atoms with Crippen LogP contribution in [-0.2, 0) is 16.6 Å². The number of H-pyrrole nitrogens is 1. The highest BCUT2D eigenvalue weighted by molar-refractivity contribution is 7.89. The van der Waals surface area contributed by atoms with Gasteiger partial charge in [-0.1, -0.05) is 12.8 Å². The van der Waals surface area contributed by atoms with Crippen molar-refractivity contribution in [2.24, 2.45) is 0 Å². The fraction of sp³-hybridized carbons (Fsp3) is 0.545. The van der Waals surface area contributed by atoms with E-state index in [2.05, 4.69) is 21.4 Å². The van der Waals surface area contributed by atoms with Crippen LogP contribution in [0.3, 0.4) is 0 Å². The van der Waals surface area contributed by atoms with Gasteiger partial charge in [0.2, 0.25) is 0 Å². The van der Waals surface area contributed by atoms with E-state index in [0.29, 0.717) is 25.1 Å². The van der Waals surface area contributed by atoms with Crippen LogP contribution in [0.1, 0.15) is 18.9 Å². The van der Waals surface area contributed by atoms with Crippen LogP contribution in [0.15, 0.2) is 11.2 Å². The summed E-state index contributed by atoms with van der Waals surface area (Å²) in [4.78, 5) is 0. The smallest absolute Gasteiger partial charge is 0.261 e. The predicted molar refractivity (Wildman–Crippen MR) is 69.2 cm³/mol. The van der Waals surface area contributed by atoms with E-state index in [-0.39, 0.29) is 11.6 Å². The second kappa shape index (κ2) is 6.54. The SMILES string of the molecule is C#CCN(CCC)S(=O)(=O)c1[nH]ncc1CNC. The van der Waals surface area contributed by atoms with E-state index >= 15 is 0 Å². The number of nitrogens with one attached hydrogen (secondary N) is 2. The van der Waals surface area contributed by atoms with E-state index in [0.717, 1.165) is 0 Å². The van der Waals surface area contributed by atoms with Crippen molar-refractivity contribution in [3.63, 3.8) is 0 Å². The Labute approximate surface area is 108 Å². The zero-order valence-corrected chi connectivity index (χ0v) is 11.4. The number of rotatable bonds is 7. The summed E-state index contributed by atoms with van der Waals surface area (Å²) in [5.74, 6) is 2.37. The van der Waals surface area contributed by atoms with Gasteiger partial charge in [0.25, 0.3) is 10.0 Å². The molecule has 0 spiro atoms. The van der Waals surface area contributed by atoms with E-state index in [4.69, 9.17) is 6.42 Å². The third kappa shape index (κ3) is 3.10. The molecule has 7 heteroatoms. The lowest BCUT2D eigenvalue weighted by molar-refractivity contribution is 0.442. The van der Waals surface area contributed by atoms with Crippen LogP contribution in [-0.4, -0.2) is 43.1 Å². The molecule has 0 fully saturated rings. The average Bonchev–Trinajstić information content (AvgIpc) is 2.78. The van der Waals surface area contributed by atoms with Gasteiger partial charge in [-0.3, -0.25) is 5.10 Å². The topological polar surface area (TPSA) is 78.1 Å². The molecule has 0 aliphatic rings. The summed E-state index contributed by atoms with van der Waals surface area (Å²) in [5, 5.41) is 9.34. The minimum atomic E-state index is -3.60. The monoisotopic (exact) mass is 270 g/mol. The van der Waals surface area contributed by atoms with Gasteiger partial charge in [-0.15, -0.1) is 6.42 Å². The van der Waals surface area contributed by atoms with Gasteiger partial charge < -0.3 is 5.32 Å². The molecule has 0 saturated heterocycles. The van der Waals surface area contributed by atoms with Gasteiger partial charge in [-0.25, -0.2) is 8.42 Å². The van der Waals surface area contributed by atoms with Crippen molar-refractivity contribution in [1.82, 2.24) is 19.8 Å².